The van der Waals surface area contributed by atoms with Crippen LogP contribution in [0, 0.1) is 11.6 Å². The first-order chi connectivity index (χ1) is 16.5. The van der Waals surface area contributed by atoms with E-state index >= 15 is 0 Å². The molecule has 2 aliphatic heterocycles. The molecule has 0 unspecified atom stereocenters. The molecule has 2 fully saturated rings. The maximum absolute atomic E-state index is 13.9. The van der Waals surface area contributed by atoms with Gasteiger partial charge >= 0.3 is 0 Å². The number of benzene rings is 2. The number of carbonyl (C=O) groups excluding carboxylic acids is 2. The van der Waals surface area contributed by atoms with Crippen molar-refractivity contribution >= 4 is 17.5 Å². The van der Waals surface area contributed by atoms with Crippen molar-refractivity contribution in [2.75, 3.05) is 44.2 Å². The fraction of sp³-hybridized carbons (Fsp3) is 0.462. The fourth-order valence-electron chi connectivity index (χ4n) is 4.75. The molecule has 6 nitrogen and oxygen atoms in total. The van der Waals surface area contributed by atoms with Gasteiger partial charge in [-0.05, 0) is 63.0 Å². The van der Waals surface area contributed by atoms with Crippen LogP contribution in [0.25, 0.3) is 0 Å². The van der Waals surface area contributed by atoms with E-state index in [1.807, 2.05) is 24.3 Å². The molecule has 0 saturated carbocycles. The highest BCUT2D eigenvalue weighted by molar-refractivity contribution is 5.99. The van der Waals surface area contributed by atoms with Crippen molar-refractivity contribution < 1.29 is 18.4 Å². The average molecular weight is 471 g/mol. The molecule has 2 aromatic rings. The Labute approximate surface area is 199 Å². The number of halogens is 2. The average Bonchev–Trinajstić information content (AvgIpc) is 2.85. The van der Waals surface area contributed by atoms with Crippen molar-refractivity contribution in [2.24, 2.45) is 0 Å². The number of piperidine rings is 2. The van der Waals surface area contributed by atoms with Gasteiger partial charge in [0.2, 0.25) is 0 Å². The summed E-state index contributed by atoms with van der Waals surface area (Å²) < 4.78 is 27.0. The van der Waals surface area contributed by atoms with Gasteiger partial charge in [-0.25, -0.2) is 8.78 Å². The Morgan fingerprint density at radius 3 is 2.35 bits per heavy atom. The van der Waals surface area contributed by atoms with E-state index in [2.05, 4.69) is 20.4 Å². The van der Waals surface area contributed by atoms with Crippen molar-refractivity contribution in [3.05, 3.63) is 65.2 Å². The molecule has 2 saturated heterocycles. The highest BCUT2D eigenvalue weighted by Gasteiger charge is 2.25. The lowest BCUT2D eigenvalue weighted by molar-refractivity contribution is 0.0925. The second-order valence-electron chi connectivity index (χ2n) is 9.03. The molecule has 2 heterocycles. The van der Waals surface area contributed by atoms with Crippen LogP contribution in [0.3, 0.4) is 0 Å². The maximum Gasteiger partial charge on any atom is 0.254 e. The van der Waals surface area contributed by atoms with Crippen LogP contribution < -0.4 is 15.5 Å². The van der Waals surface area contributed by atoms with E-state index in [0.29, 0.717) is 44.1 Å². The molecule has 0 spiro atoms. The predicted molar refractivity (Wildman–Crippen MR) is 128 cm³/mol. The summed E-state index contributed by atoms with van der Waals surface area (Å²) in [4.78, 5) is 29.9. The third kappa shape index (κ3) is 6.11. The summed E-state index contributed by atoms with van der Waals surface area (Å²) in [7, 11) is 0. The Morgan fingerprint density at radius 2 is 1.62 bits per heavy atom. The number of carbonyl (C=O) groups is 2. The molecular formula is C26H32F2N4O2. The number of nitrogens with one attached hydrogen (secondary N) is 2. The Morgan fingerprint density at radius 1 is 0.882 bits per heavy atom. The lowest BCUT2D eigenvalue weighted by atomic mass is 10.0. The van der Waals surface area contributed by atoms with E-state index in [9.17, 15) is 18.4 Å². The van der Waals surface area contributed by atoms with Crippen LogP contribution in [0.2, 0.25) is 0 Å². The minimum atomic E-state index is -0.866. The highest BCUT2D eigenvalue weighted by Crippen LogP contribution is 2.24. The summed E-state index contributed by atoms with van der Waals surface area (Å²) in [6.07, 6.45) is 5.08. The molecule has 0 aliphatic carbocycles. The monoisotopic (exact) mass is 470 g/mol. The molecule has 2 aliphatic rings. The fourth-order valence-corrected chi connectivity index (χ4v) is 4.75. The van der Waals surface area contributed by atoms with Gasteiger partial charge in [-0.3, -0.25) is 9.59 Å². The molecule has 2 N–H and O–H groups in total. The molecule has 34 heavy (non-hydrogen) atoms. The summed E-state index contributed by atoms with van der Waals surface area (Å²) in [6, 6.07) is 10.4. The van der Waals surface area contributed by atoms with Crippen molar-refractivity contribution in [2.45, 2.75) is 38.1 Å². The topological polar surface area (TPSA) is 64.7 Å². The summed E-state index contributed by atoms with van der Waals surface area (Å²) >= 11 is 0. The van der Waals surface area contributed by atoms with Gasteiger partial charge in [-0.2, -0.15) is 0 Å². The quantitative estimate of drug-likeness (QED) is 0.649. The lowest BCUT2D eigenvalue weighted by Gasteiger charge is -2.35. The molecular weight excluding hydrogens is 438 g/mol. The van der Waals surface area contributed by atoms with Gasteiger partial charge in [-0.1, -0.05) is 18.6 Å². The van der Waals surface area contributed by atoms with Crippen molar-refractivity contribution in [3.63, 3.8) is 0 Å². The van der Waals surface area contributed by atoms with Gasteiger partial charge < -0.3 is 20.4 Å². The molecule has 182 valence electrons. The third-order valence-corrected chi connectivity index (χ3v) is 6.66. The van der Waals surface area contributed by atoms with Crippen LogP contribution in [-0.4, -0.2) is 62.0 Å². The number of amides is 2. The number of likely N-dealkylation sites (tertiary alicyclic amines) is 1. The van der Waals surface area contributed by atoms with E-state index < -0.39 is 17.5 Å². The number of hydrogen-bond acceptors (Lipinski definition) is 4. The first-order valence-electron chi connectivity index (χ1n) is 12.1. The van der Waals surface area contributed by atoms with Gasteiger partial charge in [0.25, 0.3) is 11.8 Å². The molecule has 4 rings (SSSR count). The zero-order valence-electron chi connectivity index (χ0n) is 19.4. The normalized spacial score (nSPS) is 17.4. The third-order valence-electron chi connectivity index (χ3n) is 6.66. The van der Waals surface area contributed by atoms with E-state index in [1.54, 1.807) is 0 Å². The molecule has 0 radical (unpaired) electrons. The molecule has 2 amide bonds. The summed E-state index contributed by atoms with van der Waals surface area (Å²) in [5.74, 6) is -2.19. The largest absolute Gasteiger partial charge is 0.371 e. The van der Waals surface area contributed by atoms with Gasteiger partial charge in [0.05, 0.1) is 11.1 Å². The standard InChI is InChI=1S/C26H32F2N4O2/c27-19-8-9-21(23(28)18-19)26(34)30-20-10-15-32(16-11-20)24-7-3-2-6-22(24)25(33)29-12-17-31-13-4-1-5-14-31/h2-3,6-9,18,20H,1,4-5,10-17H2,(H,29,33)(H,30,34). The van der Waals surface area contributed by atoms with Crippen molar-refractivity contribution in [1.82, 2.24) is 15.5 Å². The molecule has 0 aromatic heterocycles. The SMILES string of the molecule is O=C(NC1CCN(c2ccccc2C(=O)NCCN2CCCCC2)CC1)c1ccc(F)cc1F. The minimum Gasteiger partial charge on any atom is -0.371 e. The zero-order chi connectivity index (χ0) is 23.9. The zero-order valence-corrected chi connectivity index (χ0v) is 19.4. The Bertz CT molecular complexity index is 1000. The van der Waals surface area contributed by atoms with Crippen LogP contribution in [-0.2, 0) is 0 Å². The first kappa shape index (κ1) is 24.1. The molecule has 2 aromatic carbocycles. The number of rotatable bonds is 7. The minimum absolute atomic E-state index is 0.0742. The molecule has 0 atom stereocenters. The second-order valence-corrected chi connectivity index (χ2v) is 9.03. The predicted octanol–water partition coefficient (Wildman–Crippen LogP) is 3.58. The lowest BCUT2D eigenvalue weighted by Crippen LogP contribution is -2.45. The number of nitrogens with zero attached hydrogens (tertiary/aromatic N) is 2. The van der Waals surface area contributed by atoms with Crippen LogP contribution >= 0.6 is 0 Å². The molecule has 0 bridgehead atoms. The Kier molecular flexibility index (Phi) is 8.11. The first-order valence-corrected chi connectivity index (χ1v) is 12.1. The number of hydrogen-bond donors (Lipinski definition) is 2. The summed E-state index contributed by atoms with van der Waals surface area (Å²) in [6.45, 7) is 5.02. The Hall–Kier alpha value is -3.00. The van der Waals surface area contributed by atoms with E-state index in [4.69, 9.17) is 0 Å². The van der Waals surface area contributed by atoms with Crippen LogP contribution in [0.4, 0.5) is 14.5 Å². The van der Waals surface area contributed by atoms with Crippen molar-refractivity contribution in [3.8, 4) is 0 Å². The van der Waals surface area contributed by atoms with Crippen molar-refractivity contribution in [1.29, 1.82) is 0 Å². The smallest absolute Gasteiger partial charge is 0.254 e. The van der Waals surface area contributed by atoms with Crippen LogP contribution in [0.15, 0.2) is 42.5 Å². The Balaban J connectivity index is 1.30. The van der Waals surface area contributed by atoms with Gasteiger partial charge in [0.1, 0.15) is 11.6 Å². The van der Waals surface area contributed by atoms with E-state index in [0.717, 1.165) is 37.5 Å². The van der Waals surface area contributed by atoms with Crippen LogP contribution in [0.1, 0.15) is 52.8 Å². The molecule has 8 heteroatoms. The van der Waals surface area contributed by atoms with Gasteiger partial charge in [-0.15, -0.1) is 0 Å². The number of para-hydroxylation sites is 1. The second kappa shape index (κ2) is 11.4. The van der Waals surface area contributed by atoms with E-state index in [-0.39, 0.29) is 17.5 Å². The van der Waals surface area contributed by atoms with Gasteiger partial charge in [0, 0.05) is 44.0 Å². The highest BCUT2D eigenvalue weighted by atomic mass is 19.1. The maximum atomic E-state index is 13.9. The van der Waals surface area contributed by atoms with E-state index in [1.165, 1.54) is 19.3 Å². The van der Waals surface area contributed by atoms with Gasteiger partial charge in [0.15, 0.2) is 0 Å². The van der Waals surface area contributed by atoms with Crippen LogP contribution in [0.5, 0.6) is 0 Å². The summed E-state index contributed by atoms with van der Waals surface area (Å²) in [5, 5.41) is 5.91. The number of anilines is 1. The summed E-state index contributed by atoms with van der Waals surface area (Å²) in [5.41, 5.74) is 1.37.